The number of carbonyl (C=O) groups is 1. The molecular weight excluding hydrogens is 184 g/mol. The number of ketones is 1. The Kier molecular flexibility index (Phi) is 2.22. The van der Waals surface area contributed by atoms with Gasteiger partial charge in [-0.3, -0.25) is 9.78 Å². The number of aromatic nitrogens is 1. The largest absolute Gasteiger partial charge is 0.398 e. The summed E-state index contributed by atoms with van der Waals surface area (Å²) >= 11 is 1.79. The lowest BCUT2D eigenvalue weighted by molar-refractivity contribution is 0.0939. The topological polar surface area (TPSA) is 56.0 Å². The van der Waals surface area contributed by atoms with E-state index in [9.17, 15) is 4.79 Å². The third-order valence-corrected chi connectivity index (χ3v) is 3.41. The van der Waals surface area contributed by atoms with E-state index in [1.165, 1.54) is 0 Å². The van der Waals surface area contributed by atoms with Gasteiger partial charge >= 0.3 is 0 Å². The van der Waals surface area contributed by atoms with Crippen molar-refractivity contribution < 1.29 is 4.79 Å². The number of nitrogens with zero attached hydrogens (tertiary/aromatic N) is 1. The van der Waals surface area contributed by atoms with Crippen molar-refractivity contribution in [1.82, 2.24) is 4.98 Å². The van der Waals surface area contributed by atoms with Gasteiger partial charge in [-0.1, -0.05) is 0 Å². The van der Waals surface area contributed by atoms with Gasteiger partial charge in [-0.05, 0) is 6.07 Å². The Morgan fingerprint density at radius 1 is 1.62 bits per heavy atom. The van der Waals surface area contributed by atoms with Gasteiger partial charge in [0.15, 0.2) is 5.78 Å². The number of hydrogen-bond acceptors (Lipinski definition) is 4. The minimum atomic E-state index is 0.143. The second-order valence-electron chi connectivity index (χ2n) is 3.06. The van der Waals surface area contributed by atoms with Crippen LogP contribution >= 0.6 is 11.8 Å². The minimum absolute atomic E-state index is 0.143. The van der Waals surface area contributed by atoms with Crippen molar-refractivity contribution in [3.8, 4) is 0 Å². The van der Waals surface area contributed by atoms with Crippen molar-refractivity contribution in [3.63, 3.8) is 0 Å². The molecule has 1 fully saturated rings. The molecule has 13 heavy (non-hydrogen) atoms. The monoisotopic (exact) mass is 194 g/mol. The Hall–Kier alpha value is -1.03. The van der Waals surface area contributed by atoms with Gasteiger partial charge < -0.3 is 5.73 Å². The van der Waals surface area contributed by atoms with Crippen LogP contribution in [0.15, 0.2) is 18.5 Å². The van der Waals surface area contributed by atoms with E-state index in [-0.39, 0.29) is 11.7 Å². The molecule has 0 spiro atoms. The van der Waals surface area contributed by atoms with Crippen molar-refractivity contribution in [1.29, 1.82) is 0 Å². The quantitative estimate of drug-likeness (QED) is 0.719. The second-order valence-corrected chi connectivity index (χ2v) is 4.14. The zero-order valence-corrected chi connectivity index (χ0v) is 7.88. The Labute approximate surface area is 80.7 Å². The number of hydrogen-bond donors (Lipinski definition) is 1. The third kappa shape index (κ3) is 1.54. The molecule has 1 saturated heterocycles. The van der Waals surface area contributed by atoms with Crippen LogP contribution in [0.2, 0.25) is 0 Å². The molecule has 4 heteroatoms. The highest BCUT2D eigenvalue weighted by atomic mass is 32.2. The number of thioether (sulfide) groups is 1. The summed E-state index contributed by atoms with van der Waals surface area (Å²) in [6.07, 6.45) is 3.16. The SMILES string of the molecule is Nc1ccncc1C(=O)C1CSC1. The molecule has 1 aromatic rings. The van der Waals surface area contributed by atoms with Crippen molar-refractivity contribution in [2.24, 2.45) is 5.92 Å². The maximum absolute atomic E-state index is 11.7. The normalized spacial score (nSPS) is 16.6. The maximum Gasteiger partial charge on any atom is 0.171 e. The molecule has 1 aliphatic rings. The molecule has 2 heterocycles. The number of pyridine rings is 1. The van der Waals surface area contributed by atoms with E-state index in [4.69, 9.17) is 5.73 Å². The predicted octanol–water partition coefficient (Wildman–Crippen LogP) is 1.21. The fraction of sp³-hybridized carbons (Fsp3) is 0.333. The maximum atomic E-state index is 11.7. The van der Waals surface area contributed by atoms with Crippen LogP contribution in [0.3, 0.4) is 0 Å². The molecule has 0 atom stereocenters. The van der Waals surface area contributed by atoms with Crippen LogP contribution in [-0.4, -0.2) is 22.3 Å². The lowest BCUT2D eigenvalue weighted by atomic mass is 10.0. The van der Waals surface area contributed by atoms with Gasteiger partial charge in [0.1, 0.15) is 0 Å². The van der Waals surface area contributed by atoms with E-state index >= 15 is 0 Å². The van der Waals surface area contributed by atoms with Crippen LogP contribution in [0, 0.1) is 5.92 Å². The van der Waals surface area contributed by atoms with E-state index < -0.39 is 0 Å². The Morgan fingerprint density at radius 2 is 2.38 bits per heavy atom. The molecule has 2 rings (SSSR count). The van der Waals surface area contributed by atoms with Gasteiger partial charge in [-0.25, -0.2) is 0 Å². The van der Waals surface area contributed by atoms with Crippen LogP contribution in [0.4, 0.5) is 5.69 Å². The number of nitrogens with two attached hydrogens (primary N) is 1. The van der Waals surface area contributed by atoms with Crippen LogP contribution in [0.5, 0.6) is 0 Å². The van der Waals surface area contributed by atoms with E-state index in [1.54, 1.807) is 30.2 Å². The molecule has 3 nitrogen and oxygen atoms in total. The number of Topliss-reactive ketones (excluding diaryl/α,β-unsaturated/α-hetero) is 1. The first-order chi connectivity index (χ1) is 6.29. The van der Waals surface area contributed by atoms with Crippen LogP contribution in [-0.2, 0) is 0 Å². The third-order valence-electron chi connectivity index (χ3n) is 2.13. The van der Waals surface area contributed by atoms with Crippen LogP contribution in [0.25, 0.3) is 0 Å². The Balaban J connectivity index is 2.24. The van der Waals surface area contributed by atoms with Gasteiger partial charge in [0, 0.05) is 35.5 Å². The van der Waals surface area contributed by atoms with Gasteiger partial charge in [-0.2, -0.15) is 11.8 Å². The molecule has 0 amide bonds. The number of carbonyl (C=O) groups excluding carboxylic acids is 1. The molecular formula is C9H10N2OS. The zero-order chi connectivity index (χ0) is 9.26. The summed E-state index contributed by atoms with van der Waals surface area (Å²) in [7, 11) is 0. The molecule has 0 aromatic carbocycles. The van der Waals surface area contributed by atoms with E-state index in [0.29, 0.717) is 11.3 Å². The lowest BCUT2D eigenvalue weighted by Crippen LogP contribution is -2.28. The first-order valence-electron chi connectivity index (χ1n) is 4.10. The Bertz CT molecular complexity index is 336. The molecule has 0 saturated carbocycles. The van der Waals surface area contributed by atoms with Gasteiger partial charge in [0.05, 0.1) is 5.56 Å². The standard InChI is InChI=1S/C9H10N2OS/c10-8-1-2-11-3-7(8)9(12)6-4-13-5-6/h1-3,6H,4-5H2,(H2,10,11). The summed E-state index contributed by atoms with van der Waals surface area (Å²) in [5.41, 5.74) is 6.79. The van der Waals surface area contributed by atoms with Crippen molar-refractivity contribution in [2.75, 3.05) is 17.2 Å². The first kappa shape index (κ1) is 8.56. The van der Waals surface area contributed by atoms with Crippen LogP contribution in [0.1, 0.15) is 10.4 Å². The van der Waals surface area contributed by atoms with E-state index in [2.05, 4.69) is 4.98 Å². The average molecular weight is 194 g/mol. The molecule has 0 bridgehead atoms. The van der Waals surface area contributed by atoms with Gasteiger partial charge in [0.2, 0.25) is 0 Å². The Morgan fingerprint density at radius 3 is 2.92 bits per heavy atom. The summed E-state index contributed by atoms with van der Waals surface area (Å²) in [6, 6.07) is 1.67. The average Bonchev–Trinajstić information content (AvgIpc) is 2.01. The smallest absolute Gasteiger partial charge is 0.171 e. The van der Waals surface area contributed by atoms with Gasteiger partial charge in [0.25, 0.3) is 0 Å². The van der Waals surface area contributed by atoms with Gasteiger partial charge in [-0.15, -0.1) is 0 Å². The second kappa shape index (κ2) is 3.38. The zero-order valence-electron chi connectivity index (χ0n) is 7.06. The van der Waals surface area contributed by atoms with E-state index in [0.717, 1.165) is 11.5 Å². The summed E-state index contributed by atoms with van der Waals surface area (Å²) in [5, 5.41) is 0. The molecule has 1 aliphatic heterocycles. The van der Waals surface area contributed by atoms with Crippen molar-refractivity contribution in [3.05, 3.63) is 24.0 Å². The molecule has 2 N–H and O–H groups in total. The summed E-state index contributed by atoms with van der Waals surface area (Å²) < 4.78 is 0. The fourth-order valence-corrected chi connectivity index (χ4v) is 1.99. The highest BCUT2D eigenvalue weighted by Crippen LogP contribution is 2.28. The number of anilines is 1. The molecule has 68 valence electrons. The molecule has 0 unspecified atom stereocenters. The summed E-state index contributed by atoms with van der Waals surface area (Å²) in [6.45, 7) is 0. The predicted molar refractivity (Wildman–Crippen MR) is 53.8 cm³/mol. The lowest BCUT2D eigenvalue weighted by Gasteiger charge is -2.23. The van der Waals surface area contributed by atoms with E-state index in [1.807, 2.05) is 0 Å². The minimum Gasteiger partial charge on any atom is -0.398 e. The molecule has 0 radical (unpaired) electrons. The van der Waals surface area contributed by atoms with Crippen molar-refractivity contribution >= 4 is 23.2 Å². The van der Waals surface area contributed by atoms with Crippen LogP contribution < -0.4 is 5.73 Å². The summed E-state index contributed by atoms with van der Waals surface area (Å²) in [4.78, 5) is 15.6. The summed E-state index contributed by atoms with van der Waals surface area (Å²) in [5.74, 6) is 2.15. The molecule has 0 aliphatic carbocycles. The number of nitrogen functional groups attached to an aromatic ring is 1. The number of rotatable bonds is 2. The highest BCUT2D eigenvalue weighted by Gasteiger charge is 2.27. The van der Waals surface area contributed by atoms with Crippen molar-refractivity contribution in [2.45, 2.75) is 0 Å². The fourth-order valence-electron chi connectivity index (χ4n) is 1.22. The molecule has 1 aromatic heterocycles. The highest BCUT2D eigenvalue weighted by molar-refractivity contribution is 8.00. The first-order valence-corrected chi connectivity index (χ1v) is 5.26.